The molecule has 0 spiro atoms. The Hall–Kier alpha value is -1.35. The quantitative estimate of drug-likeness (QED) is 0.716. The van der Waals surface area contributed by atoms with Crippen LogP contribution in [0.2, 0.25) is 0 Å². The highest BCUT2D eigenvalue weighted by molar-refractivity contribution is 5.96. The highest BCUT2D eigenvalue weighted by Crippen LogP contribution is 2.18. The molecule has 0 saturated heterocycles. The number of ketones is 1. The van der Waals surface area contributed by atoms with E-state index in [0.29, 0.717) is 24.0 Å². The maximum absolute atomic E-state index is 11.5. The van der Waals surface area contributed by atoms with Crippen LogP contribution < -0.4 is 0 Å². The first kappa shape index (κ1) is 10.7. The van der Waals surface area contributed by atoms with Crippen molar-refractivity contribution in [1.82, 2.24) is 0 Å². The van der Waals surface area contributed by atoms with Crippen molar-refractivity contribution >= 4 is 5.78 Å². The number of phenols is 1. The molecule has 0 aliphatic heterocycles. The molecule has 14 heavy (non-hydrogen) atoms. The number of rotatable bonds is 4. The van der Waals surface area contributed by atoms with E-state index in [1.54, 1.807) is 19.1 Å². The van der Waals surface area contributed by atoms with E-state index in [4.69, 9.17) is 5.11 Å². The maximum atomic E-state index is 11.5. The Balaban J connectivity index is 2.76. The second-order valence-electron chi connectivity index (χ2n) is 3.25. The van der Waals surface area contributed by atoms with Crippen LogP contribution in [0.3, 0.4) is 0 Å². The van der Waals surface area contributed by atoms with E-state index in [1.807, 2.05) is 0 Å². The Morgan fingerprint density at radius 3 is 2.71 bits per heavy atom. The summed E-state index contributed by atoms with van der Waals surface area (Å²) in [4.78, 5) is 11.5. The van der Waals surface area contributed by atoms with Crippen LogP contribution in [0.25, 0.3) is 0 Å². The van der Waals surface area contributed by atoms with Gasteiger partial charge in [-0.3, -0.25) is 4.79 Å². The van der Waals surface area contributed by atoms with Crippen molar-refractivity contribution in [3.05, 3.63) is 29.3 Å². The van der Waals surface area contributed by atoms with E-state index in [2.05, 4.69) is 0 Å². The van der Waals surface area contributed by atoms with Gasteiger partial charge in [-0.2, -0.15) is 0 Å². The van der Waals surface area contributed by atoms with E-state index in [0.717, 1.165) is 0 Å². The van der Waals surface area contributed by atoms with E-state index in [-0.39, 0.29) is 18.1 Å². The minimum atomic E-state index is 0.00199. The van der Waals surface area contributed by atoms with Gasteiger partial charge in [0.05, 0.1) is 0 Å². The number of hydrogen-bond donors (Lipinski definition) is 2. The van der Waals surface area contributed by atoms with Gasteiger partial charge in [0, 0.05) is 18.6 Å². The zero-order valence-electron chi connectivity index (χ0n) is 8.16. The van der Waals surface area contributed by atoms with Crippen LogP contribution >= 0.6 is 0 Å². The smallest absolute Gasteiger partial charge is 0.162 e. The van der Waals surface area contributed by atoms with Gasteiger partial charge in [0.25, 0.3) is 0 Å². The second kappa shape index (κ2) is 4.77. The number of carbonyl (C=O) groups is 1. The highest BCUT2D eigenvalue weighted by atomic mass is 16.3. The fourth-order valence-electron chi connectivity index (χ4n) is 1.21. The molecule has 0 atom stereocenters. The zero-order chi connectivity index (χ0) is 10.6. The van der Waals surface area contributed by atoms with Gasteiger partial charge in [-0.25, -0.2) is 0 Å². The Labute approximate surface area is 83.0 Å². The average Bonchev–Trinajstić information content (AvgIpc) is 2.18. The number of carbonyl (C=O) groups excluding carboxylic acids is 1. The Bertz CT molecular complexity index is 331. The van der Waals surface area contributed by atoms with Crippen LogP contribution in [-0.2, 0) is 0 Å². The summed E-state index contributed by atoms with van der Waals surface area (Å²) < 4.78 is 0. The first-order valence-electron chi connectivity index (χ1n) is 4.59. The Morgan fingerprint density at radius 1 is 1.43 bits per heavy atom. The molecule has 0 saturated carbocycles. The minimum Gasteiger partial charge on any atom is -0.508 e. The normalized spacial score (nSPS) is 10.1. The third kappa shape index (κ3) is 2.57. The molecular weight excluding hydrogens is 180 g/mol. The predicted molar refractivity (Wildman–Crippen MR) is 53.5 cm³/mol. The average molecular weight is 194 g/mol. The van der Waals surface area contributed by atoms with Crippen molar-refractivity contribution in [1.29, 1.82) is 0 Å². The molecule has 2 N–H and O–H groups in total. The van der Waals surface area contributed by atoms with Gasteiger partial charge in [0.2, 0.25) is 0 Å². The molecule has 0 aromatic heterocycles. The standard InChI is InChI=1S/C11H14O3/c1-8-7-9(4-5-10(8)13)11(14)3-2-6-12/h4-5,7,12-13H,2-3,6H2,1H3. The first-order chi connectivity index (χ1) is 6.65. The molecule has 1 aromatic carbocycles. The summed E-state index contributed by atoms with van der Waals surface area (Å²) in [7, 11) is 0. The zero-order valence-corrected chi connectivity index (χ0v) is 8.16. The highest BCUT2D eigenvalue weighted by Gasteiger charge is 2.06. The fraction of sp³-hybridized carbons (Fsp3) is 0.364. The van der Waals surface area contributed by atoms with Crippen LogP contribution in [0.1, 0.15) is 28.8 Å². The van der Waals surface area contributed by atoms with Crippen LogP contribution in [0, 0.1) is 6.92 Å². The summed E-state index contributed by atoms with van der Waals surface area (Å²) in [5, 5.41) is 17.8. The summed E-state index contributed by atoms with van der Waals surface area (Å²) in [6.07, 6.45) is 0.833. The van der Waals surface area contributed by atoms with Crippen LogP contribution in [-0.4, -0.2) is 22.6 Å². The topological polar surface area (TPSA) is 57.5 Å². The minimum absolute atomic E-state index is 0.00199. The van der Waals surface area contributed by atoms with E-state index in [1.165, 1.54) is 6.07 Å². The summed E-state index contributed by atoms with van der Waals surface area (Å²) in [6.45, 7) is 1.78. The van der Waals surface area contributed by atoms with Gasteiger partial charge in [0.1, 0.15) is 5.75 Å². The van der Waals surface area contributed by atoms with E-state index >= 15 is 0 Å². The number of benzene rings is 1. The summed E-state index contributed by atoms with van der Waals surface area (Å²) >= 11 is 0. The van der Waals surface area contributed by atoms with Gasteiger partial charge in [-0.15, -0.1) is 0 Å². The number of Topliss-reactive ketones (excluding diaryl/α,β-unsaturated/α-hetero) is 1. The van der Waals surface area contributed by atoms with Crippen molar-refractivity contribution in [3.63, 3.8) is 0 Å². The number of phenolic OH excluding ortho intramolecular Hbond substituents is 1. The van der Waals surface area contributed by atoms with Gasteiger partial charge in [0.15, 0.2) is 5.78 Å². The number of hydrogen-bond acceptors (Lipinski definition) is 3. The molecule has 0 aliphatic rings. The first-order valence-corrected chi connectivity index (χ1v) is 4.59. The molecule has 0 bridgehead atoms. The van der Waals surface area contributed by atoms with Crippen molar-refractivity contribution in [2.75, 3.05) is 6.61 Å². The van der Waals surface area contributed by atoms with Gasteiger partial charge < -0.3 is 10.2 Å². The monoisotopic (exact) mass is 194 g/mol. The molecular formula is C11H14O3. The van der Waals surface area contributed by atoms with Crippen molar-refractivity contribution in [2.24, 2.45) is 0 Å². The lowest BCUT2D eigenvalue weighted by atomic mass is 10.0. The predicted octanol–water partition coefficient (Wildman–Crippen LogP) is 1.66. The largest absolute Gasteiger partial charge is 0.508 e. The molecule has 0 aliphatic carbocycles. The molecule has 3 heteroatoms. The van der Waals surface area contributed by atoms with Gasteiger partial charge >= 0.3 is 0 Å². The SMILES string of the molecule is Cc1cc(C(=O)CCCO)ccc1O. The Morgan fingerprint density at radius 2 is 2.14 bits per heavy atom. The maximum Gasteiger partial charge on any atom is 0.162 e. The summed E-state index contributed by atoms with van der Waals surface area (Å²) in [5.74, 6) is 0.200. The number of aliphatic hydroxyl groups is 1. The van der Waals surface area contributed by atoms with Crippen molar-refractivity contribution < 1.29 is 15.0 Å². The molecule has 76 valence electrons. The molecule has 0 heterocycles. The van der Waals surface area contributed by atoms with Gasteiger partial charge in [-0.05, 0) is 37.1 Å². The van der Waals surface area contributed by atoms with Crippen molar-refractivity contribution in [3.8, 4) is 5.75 Å². The van der Waals surface area contributed by atoms with Gasteiger partial charge in [-0.1, -0.05) is 0 Å². The van der Waals surface area contributed by atoms with Crippen LogP contribution in [0.5, 0.6) is 5.75 Å². The Kier molecular flexibility index (Phi) is 3.65. The van der Waals surface area contributed by atoms with Crippen molar-refractivity contribution in [2.45, 2.75) is 19.8 Å². The van der Waals surface area contributed by atoms with Crippen LogP contribution in [0.4, 0.5) is 0 Å². The lowest BCUT2D eigenvalue weighted by Gasteiger charge is -2.02. The molecule has 0 fully saturated rings. The third-order valence-corrected chi connectivity index (χ3v) is 2.08. The molecule has 0 amide bonds. The number of aliphatic hydroxyl groups excluding tert-OH is 1. The molecule has 0 unspecified atom stereocenters. The molecule has 1 aromatic rings. The third-order valence-electron chi connectivity index (χ3n) is 2.08. The van der Waals surface area contributed by atoms with E-state index < -0.39 is 0 Å². The lowest BCUT2D eigenvalue weighted by molar-refractivity contribution is 0.0971. The molecule has 3 nitrogen and oxygen atoms in total. The van der Waals surface area contributed by atoms with Crippen LogP contribution in [0.15, 0.2) is 18.2 Å². The summed E-state index contributed by atoms with van der Waals surface area (Å²) in [5.41, 5.74) is 1.29. The van der Waals surface area contributed by atoms with E-state index in [9.17, 15) is 9.90 Å². The molecule has 1 rings (SSSR count). The fourth-order valence-corrected chi connectivity index (χ4v) is 1.21. The lowest BCUT2D eigenvalue weighted by Crippen LogP contribution is -2.00. The number of aryl methyl sites for hydroxylation is 1. The molecule has 0 radical (unpaired) electrons. The summed E-state index contributed by atoms with van der Waals surface area (Å²) in [6, 6.07) is 4.78. The second-order valence-corrected chi connectivity index (χ2v) is 3.25. The number of aromatic hydroxyl groups is 1.